The first-order valence-electron chi connectivity index (χ1n) is 5.77. The van der Waals surface area contributed by atoms with Gasteiger partial charge in [0.15, 0.2) is 5.13 Å². The lowest BCUT2D eigenvalue weighted by Crippen LogP contribution is -2.25. The molecule has 1 heterocycles. The van der Waals surface area contributed by atoms with Crippen LogP contribution >= 0.6 is 11.3 Å². The van der Waals surface area contributed by atoms with Gasteiger partial charge in [0.05, 0.1) is 11.8 Å². The molecule has 0 aliphatic heterocycles. The van der Waals surface area contributed by atoms with Gasteiger partial charge in [-0.1, -0.05) is 13.8 Å². The van der Waals surface area contributed by atoms with E-state index in [1.165, 1.54) is 24.2 Å². The van der Waals surface area contributed by atoms with E-state index in [0.717, 1.165) is 5.69 Å². The second-order valence-corrected chi connectivity index (χ2v) is 5.55. The summed E-state index contributed by atoms with van der Waals surface area (Å²) in [5.41, 5.74) is 1.07. The number of aromatic nitrogens is 1. The van der Waals surface area contributed by atoms with Crippen LogP contribution < -0.4 is 5.32 Å². The molecule has 1 amide bonds. The Labute approximate surface area is 105 Å². The van der Waals surface area contributed by atoms with Crippen molar-refractivity contribution in [3.63, 3.8) is 0 Å². The van der Waals surface area contributed by atoms with E-state index in [1.54, 1.807) is 0 Å². The molecule has 1 unspecified atom stereocenters. The van der Waals surface area contributed by atoms with Crippen molar-refractivity contribution in [3.8, 4) is 6.07 Å². The van der Waals surface area contributed by atoms with Crippen LogP contribution in [0.25, 0.3) is 0 Å². The average molecular weight is 249 g/mol. The molecule has 0 spiro atoms. The summed E-state index contributed by atoms with van der Waals surface area (Å²) in [6.07, 6.45) is 2.40. The summed E-state index contributed by atoms with van der Waals surface area (Å²) < 4.78 is 0. The van der Waals surface area contributed by atoms with Crippen molar-refractivity contribution in [2.75, 3.05) is 5.32 Å². The van der Waals surface area contributed by atoms with Crippen molar-refractivity contribution in [2.45, 2.75) is 32.6 Å². The number of anilines is 1. The summed E-state index contributed by atoms with van der Waals surface area (Å²) in [5, 5.41) is 14.2. The lowest BCUT2D eigenvalue weighted by atomic mass is 9.97. The van der Waals surface area contributed by atoms with E-state index in [1.807, 2.05) is 25.3 Å². The number of rotatable bonds is 4. The minimum absolute atomic E-state index is 0.0165. The first kappa shape index (κ1) is 12.1. The third kappa shape index (κ3) is 2.83. The van der Waals surface area contributed by atoms with Crippen molar-refractivity contribution in [1.29, 1.82) is 5.26 Å². The van der Waals surface area contributed by atoms with E-state index in [9.17, 15) is 4.79 Å². The predicted molar refractivity (Wildman–Crippen MR) is 66.7 cm³/mol. The standard InChI is InChI=1S/C12H15N3OS/c1-7(2)9(5-13)11(16)15-12-14-10(6-17-12)8-3-4-8/h6-9H,3-4H2,1-2H3,(H,14,15,16). The van der Waals surface area contributed by atoms with Crippen LogP contribution in [0.1, 0.15) is 38.3 Å². The quantitative estimate of drug-likeness (QED) is 0.892. The topological polar surface area (TPSA) is 65.8 Å². The summed E-state index contributed by atoms with van der Waals surface area (Å²) in [4.78, 5) is 16.2. The van der Waals surface area contributed by atoms with Crippen LogP contribution in [0, 0.1) is 23.2 Å². The number of carbonyl (C=O) groups excluding carboxylic acids is 1. The first-order chi connectivity index (χ1) is 8.11. The molecule has 1 aromatic rings. The monoisotopic (exact) mass is 249 g/mol. The Bertz CT molecular complexity index is 457. The zero-order valence-electron chi connectivity index (χ0n) is 9.93. The second-order valence-electron chi connectivity index (χ2n) is 4.69. The molecular formula is C12H15N3OS. The number of nitrogens with zero attached hydrogens (tertiary/aromatic N) is 2. The minimum atomic E-state index is -0.608. The van der Waals surface area contributed by atoms with E-state index < -0.39 is 5.92 Å². The van der Waals surface area contributed by atoms with Crippen molar-refractivity contribution in [2.24, 2.45) is 11.8 Å². The fourth-order valence-corrected chi connectivity index (χ4v) is 2.40. The molecule has 2 rings (SSSR count). The molecule has 5 heteroatoms. The lowest BCUT2D eigenvalue weighted by Gasteiger charge is -2.11. The highest BCUT2D eigenvalue weighted by molar-refractivity contribution is 7.13. The van der Waals surface area contributed by atoms with Gasteiger partial charge < -0.3 is 5.32 Å². The van der Waals surface area contributed by atoms with Gasteiger partial charge in [0.1, 0.15) is 5.92 Å². The molecule has 0 bridgehead atoms. The van der Waals surface area contributed by atoms with Gasteiger partial charge in [-0.05, 0) is 18.8 Å². The summed E-state index contributed by atoms with van der Waals surface area (Å²) in [7, 11) is 0. The van der Waals surface area contributed by atoms with Crippen LogP contribution in [-0.4, -0.2) is 10.9 Å². The summed E-state index contributed by atoms with van der Waals surface area (Å²) >= 11 is 1.43. The van der Waals surface area contributed by atoms with Crippen LogP contribution in [0.5, 0.6) is 0 Å². The molecule has 1 aliphatic carbocycles. The molecule has 1 N–H and O–H groups in total. The molecule has 0 saturated heterocycles. The van der Waals surface area contributed by atoms with Crippen LogP contribution in [0.2, 0.25) is 0 Å². The largest absolute Gasteiger partial charge is 0.301 e. The maximum absolute atomic E-state index is 11.8. The van der Waals surface area contributed by atoms with E-state index in [2.05, 4.69) is 10.3 Å². The molecule has 1 aromatic heterocycles. The molecule has 1 fully saturated rings. The van der Waals surface area contributed by atoms with Gasteiger partial charge in [0, 0.05) is 11.3 Å². The van der Waals surface area contributed by atoms with Crippen LogP contribution in [-0.2, 0) is 4.79 Å². The number of thiazole rings is 1. The third-order valence-corrected chi connectivity index (χ3v) is 3.61. The number of nitriles is 1. The van der Waals surface area contributed by atoms with E-state index in [-0.39, 0.29) is 11.8 Å². The van der Waals surface area contributed by atoms with Crippen molar-refractivity contribution in [3.05, 3.63) is 11.1 Å². The van der Waals surface area contributed by atoms with Crippen LogP contribution in [0.15, 0.2) is 5.38 Å². The molecule has 0 radical (unpaired) electrons. The Hall–Kier alpha value is -1.41. The normalized spacial score (nSPS) is 16.6. The van der Waals surface area contributed by atoms with E-state index in [4.69, 9.17) is 5.26 Å². The first-order valence-corrected chi connectivity index (χ1v) is 6.65. The second kappa shape index (κ2) is 4.84. The maximum Gasteiger partial charge on any atom is 0.243 e. The molecule has 1 saturated carbocycles. The van der Waals surface area contributed by atoms with Crippen molar-refractivity contribution < 1.29 is 4.79 Å². The Kier molecular flexibility index (Phi) is 3.43. The third-order valence-electron chi connectivity index (χ3n) is 2.84. The van der Waals surface area contributed by atoms with Crippen LogP contribution in [0.3, 0.4) is 0 Å². The Balaban J connectivity index is 1.99. The number of amides is 1. The summed E-state index contributed by atoms with van der Waals surface area (Å²) in [6.45, 7) is 3.73. The molecule has 1 aliphatic rings. The zero-order valence-corrected chi connectivity index (χ0v) is 10.8. The van der Waals surface area contributed by atoms with Gasteiger partial charge in [-0.15, -0.1) is 11.3 Å². The zero-order chi connectivity index (χ0) is 12.4. The lowest BCUT2D eigenvalue weighted by molar-refractivity contribution is -0.119. The summed E-state index contributed by atoms with van der Waals surface area (Å²) in [6, 6.07) is 2.03. The predicted octanol–water partition coefficient (Wildman–Crippen LogP) is 2.75. The average Bonchev–Trinajstić information content (AvgIpc) is 3.01. The molecule has 0 aromatic carbocycles. The fraction of sp³-hybridized carbons (Fsp3) is 0.583. The fourth-order valence-electron chi connectivity index (χ4n) is 1.60. The SMILES string of the molecule is CC(C)C(C#N)C(=O)Nc1nc(C2CC2)cs1. The summed E-state index contributed by atoms with van der Waals surface area (Å²) in [5.74, 6) is -0.251. The van der Waals surface area contributed by atoms with Gasteiger partial charge in [-0.2, -0.15) is 5.26 Å². The highest BCUT2D eigenvalue weighted by Crippen LogP contribution is 2.40. The Morgan fingerprint density at radius 2 is 2.35 bits per heavy atom. The molecular weight excluding hydrogens is 234 g/mol. The van der Waals surface area contributed by atoms with Gasteiger partial charge >= 0.3 is 0 Å². The van der Waals surface area contributed by atoms with Crippen LogP contribution in [0.4, 0.5) is 5.13 Å². The van der Waals surface area contributed by atoms with Gasteiger partial charge in [0.25, 0.3) is 0 Å². The van der Waals surface area contributed by atoms with Gasteiger partial charge in [-0.3, -0.25) is 4.79 Å². The minimum Gasteiger partial charge on any atom is -0.301 e. The molecule has 90 valence electrons. The van der Waals surface area contributed by atoms with Gasteiger partial charge in [0.2, 0.25) is 5.91 Å². The highest BCUT2D eigenvalue weighted by atomic mass is 32.1. The highest BCUT2D eigenvalue weighted by Gasteiger charge is 2.27. The number of carbonyl (C=O) groups is 1. The van der Waals surface area contributed by atoms with Crippen molar-refractivity contribution in [1.82, 2.24) is 4.98 Å². The molecule has 1 atom stereocenters. The van der Waals surface area contributed by atoms with E-state index >= 15 is 0 Å². The molecule has 17 heavy (non-hydrogen) atoms. The van der Waals surface area contributed by atoms with Gasteiger partial charge in [-0.25, -0.2) is 4.98 Å². The smallest absolute Gasteiger partial charge is 0.243 e. The maximum atomic E-state index is 11.8. The number of nitrogens with one attached hydrogen (secondary N) is 1. The van der Waals surface area contributed by atoms with Crippen molar-refractivity contribution >= 4 is 22.4 Å². The van der Waals surface area contributed by atoms with E-state index in [0.29, 0.717) is 11.0 Å². The number of hydrogen-bond donors (Lipinski definition) is 1. The Morgan fingerprint density at radius 1 is 1.65 bits per heavy atom. The Morgan fingerprint density at radius 3 is 2.88 bits per heavy atom. The molecule has 4 nitrogen and oxygen atoms in total. The number of hydrogen-bond acceptors (Lipinski definition) is 4.